The molecule has 2 heterocycles. The van der Waals surface area contributed by atoms with E-state index in [1.54, 1.807) is 6.33 Å². The Kier molecular flexibility index (Phi) is 6.49. The minimum Gasteiger partial charge on any atom is -0.387 e. The third-order valence-electron chi connectivity index (χ3n) is 6.45. The van der Waals surface area contributed by atoms with Crippen LogP contribution < -0.4 is 4.90 Å². The van der Waals surface area contributed by atoms with Crippen molar-refractivity contribution >= 4 is 23.3 Å². The lowest BCUT2D eigenvalue weighted by Crippen LogP contribution is -2.50. The monoisotopic (exact) mass is 442 g/mol. The van der Waals surface area contributed by atoms with Gasteiger partial charge in [0.15, 0.2) is 0 Å². The fraction of sp³-hybridized carbons (Fsp3) is 0.542. The van der Waals surface area contributed by atoms with Gasteiger partial charge in [-0.15, -0.1) is 0 Å². The number of aromatic nitrogens is 2. The van der Waals surface area contributed by atoms with Crippen molar-refractivity contribution in [3.8, 4) is 0 Å². The number of carbonyl (C=O) groups is 1. The van der Waals surface area contributed by atoms with Crippen molar-refractivity contribution < 1.29 is 9.90 Å². The highest BCUT2D eigenvalue weighted by atomic mass is 35.5. The molecule has 3 atom stereocenters. The zero-order chi connectivity index (χ0) is 22.1. The van der Waals surface area contributed by atoms with Crippen molar-refractivity contribution in [3.05, 3.63) is 52.4 Å². The minimum atomic E-state index is -0.509. The van der Waals surface area contributed by atoms with Gasteiger partial charge in [0.25, 0.3) is 0 Å². The van der Waals surface area contributed by atoms with E-state index >= 15 is 0 Å². The number of hydrogen-bond acceptors (Lipinski definition) is 5. The van der Waals surface area contributed by atoms with Crippen LogP contribution in [0.5, 0.6) is 0 Å². The van der Waals surface area contributed by atoms with Crippen molar-refractivity contribution in [1.29, 1.82) is 0 Å². The van der Waals surface area contributed by atoms with Gasteiger partial charge >= 0.3 is 0 Å². The lowest BCUT2D eigenvalue weighted by molar-refractivity contribution is -0.133. The topological polar surface area (TPSA) is 69.6 Å². The average molecular weight is 443 g/mol. The molecule has 1 fully saturated rings. The molecule has 6 nitrogen and oxygen atoms in total. The van der Waals surface area contributed by atoms with Gasteiger partial charge < -0.3 is 14.9 Å². The fourth-order valence-electron chi connectivity index (χ4n) is 4.86. The Balaban J connectivity index is 1.48. The summed E-state index contributed by atoms with van der Waals surface area (Å²) in [5, 5.41) is 11.0. The first-order valence-electron chi connectivity index (χ1n) is 11.2. The molecule has 1 aromatic carbocycles. The first-order valence-corrected chi connectivity index (χ1v) is 11.5. The summed E-state index contributed by atoms with van der Waals surface area (Å²) in [7, 11) is 0. The van der Waals surface area contributed by atoms with Crippen LogP contribution in [-0.2, 0) is 4.79 Å². The second kappa shape index (κ2) is 9.13. The number of rotatable bonds is 5. The smallest absolute Gasteiger partial charge is 0.230 e. The predicted molar refractivity (Wildman–Crippen MR) is 122 cm³/mol. The molecule has 1 aliphatic carbocycles. The lowest BCUT2D eigenvalue weighted by atomic mass is 9.89. The highest BCUT2D eigenvalue weighted by Crippen LogP contribution is 2.42. The molecule has 4 rings (SSSR count). The number of amides is 1. The third kappa shape index (κ3) is 4.55. The van der Waals surface area contributed by atoms with Gasteiger partial charge in [-0.3, -0.25) is 4.79 Å². The Hall–Kier alpha value is -2.18. The van der Waals surface area contributed by atoms with Crippen LogP contribution >= 0.6 is 11.6 Å². The standard InChI is InChI=1S/C24H31ClN4O2/c1-15(2)12-19(17-4-6-18(25)7-5-17)24(31)29-10-8-28(9-11-29)23-21-16(3)13-20(30)22(21)26-14-27-23/h4-7,14-16,19-20,30H,8-13H2,1-3H3/t16-,19+,20-/m1/s1. The Labute approximate surface area is 189 Å². The van der Waals surface area contributed by atoms with E-state index in [2.05, 4.69) is 35.6 Å². The normalized spacial score (nSPS) is 22.0. The third-order valence-corrected chi connectivity index (χ3v) is 6.70. The SMILES string of the molecule is CC(C)C[C@H](C(=O)N1CCN(c2ncnc3c2[C@H](C)C[C@H]3O)CC1)c1ccc(Cl)cc1. The van der Waals surface area contributed by atoms with E-state index in [0.29, 0.717) is 30.5 Å². The van der Waals surface area contributed by atoms with Crippen molar-refractivity contribution in [1.82, 2.24) is 14.9 Å². The number of aliphatic hydroxyl groups excluding tert-OH is 1. The summed E-state index contributed by atoms with van der Waals surface area (Å²) < 4.78 is 0. The van der Waals surface area contributed by atoms with Gasteiger partial charge in [0.05, 0.1) is 17.7 Å². The van der Waals surface area contributed by atoms with Crippen molar-refractivity contribution in [3.63, 3.8) is 0 Å². The number of benzene rings is 1. The van der Waals surface area contributed by atoms with Crippen molar-refractivity contribution in [2.24, 2.45) is 5.92 Å². The molecule has 0 saturated carbocycles. The van der Waals surface area contributed by atoms with E-state index in [1.165, 1.54) is 0 Å². The summed E-state index contributed by atoms with van der Waals surface area (Å²) in [6.07, 6.45) is 2.55. The van der Waals surface area contributed by atoms with Gasteiger partial charge in [-0.05, 0) is 42.4 Å². The Bertz CT molecular complexity index is 926. The number of anilines is 1. The second-order valence-corrected chi connectivity index (χ2v) is 9.63. The molecule has 2 aromatic rings. The maximum atomic E-state index is 13.5. The molecule has 1 N–H and O–H groups in total. The van der Waals surface area contributed by atoms with E-state index < -0.39 is 6.10 Å². The van der Waals surface area contributed by atoms with Gasteiger partial charge in [-0.1, -0.05) is 44.5 Å². The zero-order valence-electron chi connectivity index (χ0n) is 18.5. The van der Waals surface area contributed by atoms with Gasteiger partial charge in [0, 0.05) is 36.8 Å². The molecule has 7 heteroatoms. The van der Waals surface area contributed by atoms with Crippen LogP contribution in [0.2, 0.25) is 5.02 Å². The van der Waals surface area contributed by atoms with Crippen molar-refractivity contribution in [2.75, 3.05) is 31.1 Å². The number of aliphatic hydroxyl groups is 1. The highest BCUT2D eigenvalue weighted by molar-refractivity contribution is 6.30. The molecule has 0 bridgehead atoms. The van der Waals surface area contributed by atoms with E-state index in [1.807, 2.05) is 29.2 Å². The molecule has 31 heavy (non-hydrogen) atoms. The van der Waals surface area contributed by atoms with Crippen LogP contribution in [0, 0.1) is 5.92 Å². The molecule has 1 aliphatic heterocycles. The number of piperazine rings is 1. The van der Waals surface area contributed by atoms with Gasteiger partial charge in [-0.25, -0.2) is 9.97 Å². The summed E-state index contributed by atoms with van der Waals surface area (Å²) >= 11 is 6.06. The number of halogens is 1. The summed E-state index contributed by atoms with van der Waals surface area (Å²) in [4.78, 5) is 26.5. The first kappa shape index (κ1) is 22.0. The molecule has 1 amide bonds. The van der Waals surface area contributed by atoms with Crippen LogP contribution in [0.1, 0.15) is 68.4 Å². The summed E-state index contributed by atoms with van der Waals surface area (Å²) in [5.74, 6) is 1.61. The quantitative estimate of drug-likeness (QED) is 0.753. The van der Waals surface area contributed by atoms with E-state index in [9.17, 15) is 9.90 Å². The molecule has 0 radical (unpaired) electrons. The minimum absolute atomic E-state index is 0.151. The maximum Gasteiger partial charge on any atom is 0.230 e. The highest BCUT2D eigenvalue weighted by Gasteiger charge is 2.35. The predicted octanol–water partition coefficient (Wildman–Crippen LogP) is 4.15. The van der Waals surface area contributed by atoms with Crippen LogP contribution in [0.25, 0.3) is 0 Å². The lowest BCUT2D eigenvalue weighted by Gasteiger charge is -2.38. The molecule has 0 spiro atoms. The Morgan fingerprint density at radius 2 is 1.84 bits per heavy atom. The molecular weight excluding hydrogens is 412 g/mol. The van der Waals surface area contributed by atoms with Crippen LogP contribution in [0.4, 0.5) is 5.82 Å². The summed E-state index contributed by atoms with van der Waals surface area (Å²) in [6.45, 7) is 9.21. The van der Waals surface area contributed by atoms with Gasteiger partial charge in [-0.2, -0.15) is 0 Å². The van der Waals surface area contributed by atoms with E-state index in [4.69, 9.17) is 11.6 Å². The van der Waals surface area contributed by atoms with Crippen molar-refractivity contribution in [2.45, 2.75) is 51.6 Å². The molecule has 1 saturated heterocycles. The molecule has 2 aliphatic rings. The Morgan fingerprint density at radius 1 is 1.16 bits per heavy atom. The van der Waals surface area contributed by atoms with E-state index in [-0.39, 0.29) is 17.7 Å². The zero-order valence-corrected chi connectivity index (χ0v) is 19.2. The van der Waals surface area contributed by atoms with Crippen LogP contribution in [-0.4, -0.2) is 52.1 Å². The molecular formula is C24H31ClN4O2. The number of carbonyl (C=O) groups excluding carboxylic acids is 1. The maximum absolute atomic E-state index is 13.5. The number of hydrogen-bond donors (Lipinski definition) is 1. The average Bonchev–Trinajstić information content (AvgIpc) is 3.06. The van der Waals surface area contributed by atoms with Gasteiger partial charge in [0.1, 0.15) is 12.1 Å². The molecule has 166 valence electrons. The number of fused-ring (bicyclic) bond motifs is 1. The summed E-state index contributed by atoms with van der Waals surface area (Å²) in [5.41, 5.74) is 2.85. The fourth-order valence-corrected chi connectivity index (χ4v) is 4.99. The van der Waals surface area contributed by atoms with E-state index in [0.717, 1.165) is 42.1 Å². The molecule has 1 aromatic heterocycles. The largest absolute Gasteiger partial charge is 0.387 e. The number of nitrogens with zero attached hydrogens (tertiary/aromatic N) is 4. The first-order chi connectivity index (χ1) is 14.8. The van der Waals surface area contributed by atoms with Crippen LogP contribution in [0.15, 0.2) is 30.6 Å². The summed E-state index contributed by atoms with van der Waals surface area (Å²) in [6, 6.07) is 7.67. The van der Waals surface area contributed by atoms with Crippen LogP contribution in [0.3, 0.4) is 0 Å². The molecule has 0 unspecified atom stereocenters. The Morgan fingerprint density at radius 3 is 2.48 bits per heavy atom. The second-order valence-electron chi connectivity index (χ2n) is 9.19. The van der Waals surface area contributed by atoms with Gasteiger partial charge in [0.2, 0.25) is 5.91 Å².